The van der Waals surface area contributed by atoms with Gasteiger partial charge in [0, 0.05) is 26.3 Å². The average molecular weight is 388 g/mol. The van der Waals surface area contributed by atoms with E-state index in [1.807, 2.05) is 0 Å². The number of amides is 1. The summed E-state index contributed by atoms with van der Waals surface area (Å²) < 4.78 is 5.55. The molecule has 3 fully saturated rings. The smallest absolute Gasteiger partial charge is 0.302 e. The number of hydrogen-bond acceptors (Lipinski definition) is 3. The van der Waals surface area contributed by atoms with Crippen molar-refractivity contribution in [1.82, 2.24) is 5.32 Å². The molecule has 156 valence electrons. The highest BCUT2D eigenvalue weighted by Crippen LogP contribution is 2.65. The molecule has 0 aromatic heterocycles. The first kappa shape index (κ1) is 20.0. The molecule has 3 saturated carbocycles. The molecule has 0 heterocycles. The van der Waals surface area contributed by atoms with Gasteiger partial charge in [-0.2, -0.15) is 0 Å². The Morgan fingerprint density at radius 1 is 1.14 bits per heavy atom. The fraction of sp³-hybridized carbons (Fsp3) is 0.833. The Bertz CT molecular complexity index is 700. The van der Waals surface area contributed by atoms with Crippen LogP contribution in [0.15, 0.2) is 11.6 Å². The third-order valence-corrected chi connectivity index (χ3v) is 9.09. The minimum absolute atomic E-state index is 0.0675. The quantitative estimate of drug-likeness (QED) is 0.555. The summed E-state index contributed by atoms with van der Waals surface area (Å²) in [6.07, 6.45) is 10.5. The average Bonchev–Trinajstić information content (AvgIpc) is 2.85. The number of allylic oxidation sites excluding steroid dienone is 1. The van der Waals surface area contributed by atoms with Crippen LogP contribution in [-0.4, -0.2) is 24.0 Å². The van der Waals surface area contributed by atoms with E-state index in [2.05, 4.69) is 32.2 Å². The lowest BCUT2D eigenvalue weighted by molar-refractivity contribution is -0.148. The van der Waals surface area contributed by atoms with Gasteiger partial charge >= 0.3 is 5.97 Å². The Morgan fingerprint density at radius 2 is 1.89 bits per heavy atom. The Hall–Kier alpha value is -1.32. The second kappa shape index (κ2) is 6.88. The number of carbonyl (C=O) groups excluding carboxylic acids is 2. The molecule has 4 heteroatoms. The van der Waals surface area contributed by atoms with Crippen LogP contribution in [0.5, 0.6) is 0 Å². The summed E-state index contributed by atoms with van der Waals surface area (Å²) in [7, 11) is 0. The molecule has 4 aliphatic carbocycles. The van der Waals surface area contributed by atoms with Crippen molar-refractivity contribution in [2.75, 3.05) is 0 Å². The zero-order valence-corrected chi connectivity index (χ0v) is 18.2. The summed E-state index contributed by atoms with van der Waals surface area (Å²) in [4.78, 5) is 23.2. The van der Waals surface area contributed by atoms with E-state index in [4.69, 9.17) is 4.74 Å². The number of fused-ring (bicyclic) bond motifs is 5. The van der Waals surface area contributed by atoms with Gasteiger partial charge in [0.15, 0.2) is 0 Å². The van der Waals surface area contributed by atoms with Gasteiger partial charge in [-0.1, -0.05) is 32.4 Å². The molecule has 1 amide bonds. The minimum Gasteiger partial charge on any atom is -0.462 e. The van der Waals surface area contributed by atoms with E-state index in [9.17, 15) is 9.59 Å². The van der Waals surface area contributed by atoms with Crippen molar-refractivity contribution < 1.29 is 14.3 Å². The molecule has 1 N–H and O–H groups in total. The van der Waals surface area contributed by atoms with E-state index in [0.29, 0.717) is 17.9 Å². The Morgan fingerprint density at radius 3 is 2.57 bits per heavy atom. The molecule has 4 rings (SSSR count). The zero-order valence-electron chi connectivity index (χ0n) is 18.2. The van der Waals surface area contributed by atoms with E-state index < -0.39 is 0 Å². The van der Waals surface area contributed by atoms with Gasteiger partial charge in [0.25, 0.3) is 0 Å². The number of esters is 1. The normalized spacial score (nSPS) is 47.2. The van der Waals surface area contributed by atoms with Crippen molar-refractivity contribution in [3.05, 3.63) is 11.6 Å². The molecule has 0 saturated heterocycles. The molecule has 4 aliphatic rings. The molecule has 0 unspecified atom stereocenters. The number of carbonyl (C=O) groups is 2. The first-order chi connectivity index (χ1) is 13.1. The van der Waals surface area contributed by atoms with Gasteiger partial charge in [0.05, 0.1) is 0 Å². The minimum atomic E-state index is -0.153. The fourth-order valence-electron chi connectivity index (χ4n) is 7.85. The maximum absolute atomic E-state index is 11.8. The molecule has 0 aromatic rings. The number of hydrogen-bond donors (Lipinski definition) is 1. The second-order valence-electron chi connectivity index (χ2n) is 10.7. The van der Waals surface area contributed by atoms with Crippen LogP contribution in [0, 0.1) is 34.5 Å². The summed E-state index contributed by atoms with van der Waals surface area (Å²) >= 11 is 0. The van der Waals surface area contributed by atoms with E-state index >= 15 is 0 Å². The summed E-state index contributed by atoms with van der Waals surface area (Å²) in [6.45, 7) is 10.4. The number of nitrogens with one attached hydrogen (secondary N) is 1. The van der Waals surface area contributed by atoms with E-state index in [1.54, 1.807) is 12.5 Å². The predicted molar refractivity (Wildman–Crippen MR) is 109 cm³/mol. The molecule has 0 bridgehead atoms. The molecule has 0 aliphatic heterocycles. The topological polar surface area (TPSA) is 55.4 Å². The first-order valence-electron chi connectivity index (χ1n) is 11.3. The van der Waals surface area contributed by atoms with Crippen LogP contribution in [-0.2, 0) is 14.3 Å². The lowest BCUT2D eigenvalue weighted by Gasteiger charge is -2.58. The maximum Gasteiger partial charge on any atom is 0.302 e. The van der Waals surface area contributed by atoms with Gasteiger partial charge in [-0.05, 0) is 73.0 Å². The van der Waals surface area contributed by atoms with Gasteiger partial charge in [0.2, 0.25) is 5.91 Å². The second-order valence-corrected chi connectivity index (χ2v) is 10.7. The zero-order chi connectivity index (χ0) is 20.3. The largest absolute Gasteiger partial charge is 0.462 e. The fourth-order valence-corrected chi connectivity index (χ4v) is 7.85. The van der Waals surface area contributed by atoms with Crippen LogP contribution in [0.25, 0.3) is 0 Å². The number of rotatable bonds is 2. The molecular weight excluding hydrogens is 350 g/mol. The number of ether oxygens (including phenoxy) is 1. The van der Waals surface area contributed by atoms with E-state index in [-0.39, 0.29) is 28.8 Å². The lowest BCUT2D eigenvalue weighted by Crippen LogP contribution is -2.54. The monoisotopic (exact) mass is 387 g/mol. The summed E-state index contributed by atoms with van der Waals surface area (Å²) in [5, 5.41) is 3.31. The summed E-state index contributed by atoms with van der Waals surface area (Å²) in [6, 6.07) is 0.314. The van der Waals surface area contributed by atoms with Crippen molar-refractivity contribution in [2.24, 2.45) is 34.5 Å². The predicted octanol–water partition coefficient (Wildman–Crippen LogP) is 4.63. The third-order valence-electron chi connectivity index (χ3n) is 9.09. The molecule has 4 nitrogen and oxygen atoms in total. The molecule has 28 heavy (non-hydrogen) atoms. The van der Waals surface area contributed by atoms with Crippen LogP contribution in [0.4, 0.5) is 0 Å². The van der Waals surface area contributed by atoms with Gasteiger partial charge in [-0.3, -0.25) is 9.59 Å². The van der Waals surface area contributed by atoms with Crippen LogP contribution >= 0.6 is 0 Å². The molecule has 0 radical (unpaired) electrons. The van der Waals surface area contributed by atoms with E-state index in [0.717, 1.165) is 37.5 Å². The highest BCUT2D eigenvalue weighted by atomic mass is 16.5. The standard InChI is InChI=1S/C24H37NO3/c1-14-12-21-19-7-6-17-13-18(28-16(3)27)8-10-23(17,4)20(19)9-11-24(21,5)22(14)25-15(2)26/h6,14,18-22H,7-13H2,1-5H3,(H,25,26)/t14-,18-,19+,20-,21-,22-,23+,24+/m1/s1. The van der Waals surface area contributed by atoms with Crippen LogP contribution in [0.3, 0.4) is 0 Å². The van der Waals surface area contributed by atoms with Gasteiger partial charge in [-0.15, -0.1) is 0 Å². The van der Waals surface area contributed by atoms with Crippen molar-refractivity contribution >= 4 is 11.9 Å². The third kappa shape index (κ3) is 3.02. The van der Waals surface area contributed by atoms with Gasteiger partial charge in [-0.25, -0.2) is 0 Å². The van der Waals surface area contributed by atoms with Crippen LogP contribution in [0.1, 0.15) is 79.6 Å². The molecule has 8 atom stereocenters. The maximum atomic E-state index is 11.8. The Labute approximate surface area is 169 Å². The highest BCUT2D eigenvalue weighted by molar-refractivity contribution is 5.73. The van der Waals surface area contributed by atoms with Gasteiger partial charge in [0.1, 0.15) is 6.10 Å². The summed E-state index contributed by atoms with van der Waals surface area (Å²) in [5.41, 5.74) is 2.03. The van der Waals surface area contributed by atoms with Crippen LogP contribution in [0.2, 0.25) is 0 Å². The van der Waals surface area contributed by atoms with Crippen molar-refractivity contribution in [1.29, 1.82) is 0 Å². The lowest BCUT2D eigenvalue weighted by atomic mass is 9.48. The molecule has 0 spiro atoms. The van der Waals surface area contributed by atoms with Crippen molar-refractivity contribution in [2.45, 2.75) is 91.7 Å². The summed E-state index contributed by atoms with van der Waals surface area (Å²) in [5.74, 6) is 2.66. The Balaban J connectivity index is 1.58. The van der Waals surface area contributed by atoms with E-state index in [1.165, 1.54) is 26.2 Å². The van der Waals surface area contributed by atoms with Crippen LogP contribution < -0.4 is 5.32 Å². The molecule has 0 aromatic carbocycles. The highest BCUT2D eigenvalue weighted by Gasteiger charge is 2.60. The van der Waals surface area contributed by atoms with Crippen molar-refractivity contribution in [3.8, 4) is 0 Å². The SMILES string of the molecule is CC(=O)N[C@@H]1[C@H](C)C[C@@H]2[C@H]3CC=C4C[C@H](OC(C)=O)CC[C@]4(C)[C@@H]3CC[C@@]21C. The van der Waals surface area contributed by atoms with Crippen molar-refractivity contribution in [3.63, 3.8) is 0 Å². The Kier molecular flexibility index (Phi) is 4.91. The molecular formula is C24H37NO3. The first-order valence-corrected chi connectivity index (χ1v) is 11.3. The van der Waals surface area contributed by atoms with Gasteiger partial charge < -0.3 is 10.1 Å².